The molecule has 0 bridgehead atoms. The van der Waals surface area contributed by atoms with Crippen LogP contribution in [0.1, 0.15) is 67.1 Å². The topological polar surface area (TPSA) is 52.6 Å². The minimum atomic E-state index is 0.143. The number of amides is 1. The van der Waals surface area contributed by atoms with E-state index in [-0.39, 0.29) is 11.9 Å². The van der Waals surface area contributed by atoms with Gasteiger partial charge in [0.25, 0.3) is 0 Å². The van der Waals surface area contributed by atoms with Crippen LogP contribution in [0.5, 0.6) is 0 Å². The van der Waals surface area contributed by atoms with Gasteiger partial charge in [-0.1, -0.05) is 43.7 Å². The lowest BCUT2D eigenvalue weighted by Crippen LogP contribution is -2.54. The highest BCUT2D eigenvalue weighted by Crippen LogP contribution is 2.36. The van der Waals surface area contributed by atoms with Gasteiger partial charge in [0, 0.05) is 68.9 Å². The standard InChI is InChI=1S/C32H41N5O/c1-20(2)26-11-10-23(5)30(17-26)36-13-12-29-28(19-36)32(37-15-14-35(25(7)38)18-24(37)6)34-31(33-29)27-16-21(3)8-9-22(27)4/h8-11,16-17,20,24H,12-15,18-19H2,1-7H3. The van der Waals surface area contributed by atoms with Gasteiger partial charge in [-0.3, -0.25) is 4.79 Å². The van der Waals surface area contributed by atoms with Crippen LogP contribution >= 0.6 is 0 Å². The number of carbonyl (C=O) groups is 1. The summed E-state index contributed by atoms with van der Waals surface area (Å²) in [6.45, 7) is 18.8. The van der Waals surface area contributed by atoms with Crippen molar-refractivity contribution in [1.82, 2.24) is 14.9 Å². The van der Waals surface area contributed by atoms with Crippen molar-refractivity contribution in [3.05, 3.63) is 69.9 Å². The molecule has 3 heterocycles. The second kappa shape index (κ2) is 10.4. The van der Waals surface area contributed by atoms with E-state index in [4.69, 9.17) is 9.97 Å². The molecule has 1 fully saturated rings. The van der Waals surface area contributed by atoms with E-state index < -0.39 is 0 Å². The molecule has 1 aromatic heterocycles. The van der Waals surface area contributed by atoms with Crippen LogP contribution in [-0.4, -0.2) is 53.0 Å². The molecule has 0 N–H and O–H groups in total. The number of hydrogen-bond acceptors (Lipinski definition) is 5. The summed E-state index contributed by atoms with van der Waals surface area (Å²) in [6.07, 6.45) is 0.885. The Morgan fingerprint density at radius 1 is 0.974 bits per heavy atom. The van der Waals surface area contributed by atoms with Gasteiger partial charge < -0.3 is 14.7 Å². The van der Waals surface area contributed by atoms with Crippen molar-refractivity contribution in [1.29, 1.82) is 0 Å². The van der Waals surface area contributed by atoms with Gasteiger partial charge in [0.1, 0.15) is 5.82 Å². The molecule has 0 aliphatic carbocycles. The Bertz CT molecular complexity index is 1360. The zero-order valence-corrected chi connectivity index (χ0v) is 24.0. The largest absolute Gasteiger partial charge is 0.366 e. The highest BCUT2D eigenvalue weighted by atomic mass is 16.2. The zero-order chi connectivity index (χ0) is 27.1. The first kappa shape index (κ1) is 26.2. The summed E-state index contributed by atoms with van der Waals surface area (Å²) in [7, 11) is 0. The molecule has 38 heavy (non-hydrogen) atoms. The maximum absolute atomic E-state index is 12.1. The van der Waals surface area contributed by atoms with Crippen LogP contribution in [-0.2, 0) is 17.8 Å². The monoisotopic (exact) mass is 511 g/mol. The molecule has 1 amide bonds. The van der Waals surface area contributed by atoms with Crippen molar-refractivity contribution in [3.8, 4) is 11.4 Å². The van der Waals surface area contributed by atoms with Crippen LogP contribution in [0.3, 0.4) is 0 Å². The minimum Gasteiger partial charge on any atom is -0.366 e. The number of rotatable bonds is 4. The molecular weight excluding hydrogens is 470 g/mol. The molecule has 2 aromatic carbocycles. The molecule has 2 aliphatic heterocycles. The summed E-state index contributed by atoms with van der Waals surface area (Å²) in [5, 5.41) is 0. The van der Waals surface area contributed by atoms with Gasteiger partial charge in [-0.15, -0.1) is 0 Å². The molecule has 1 atom stereocenters. The normalized spacial score (nSPS) is 17.7. The lowest BCUT2D eigenvalue weighted by Gasteiger charge is -2.42. The van der Waals surface area contributed by atoms with E-state index in [2.05, 4.69) is 87.7 Å². The number of benzene rings is 2. The Kier molecular flexibility index (Phi) is 7.17. The van der Waals surface area contributed by atoms with Crippen molar-refractivity contribution < 1.29 is 4.79 Å². The molecule has 1 unspecified atom stereocenters. The van der Waals surface area contributed by atoms with E-state index in [0.29, 0.717) is 12.5 Å². The maximum atomic E-state index is 12.1. The smallest absolute Gasteiger partial charge is 0.219 e. The average Bonchev–Trinajstić information content (AvgIpc) is 2.89. The van der Waals surface area contributed by atoms with Gasteiger partial charge >= 0.3 is 0 Å². The third kappa shape index (κ3) is 5.01. The van der Waals surface area contributed by atoms with Gasteiger partial charge in [0.2, 0.25) is 5.91 Å². The van der Waals surface area contributed by atoms with Gasteiger partial charge in [0.05, 0.1) is 5.69 Å². The Labute approximate surface area is 227 Å². The molecular formula is C32H41N5O. The van der Waals surface area contributed by atoms with Crippen molar-refractivity contribution >= 4 is 17.4 Å². The number of piperazine rings is 1. The number of aryl methyl sites for hydroxylation is 3. The summed E-state index contributed by atoms with van der Waals surface area (Å²) >= 11 is 0. The summed E-state index contributed by atoms with van der Waals surface area (Å²) in [4.78, 5) is 29.4. The third-order valence-corrected chi connectivity index (χ3v) is 8.26. The lowest BCUT2D eigenvalue weighted by atomic mass is 9.97. The van der Waals surface area contributed by atoms with Crippen LogP contribution in [0.2, 0.25) is 0 Å². The van der Waals surface area contributed by atoms with E-state index in [0.717, 1.165) is 55.5 Å². The molecule has 5 rings (SSSR count). The summed E-state index contributed by atoms with van der Waals surface area (Å²) in [6, 6.07) is 13.6. The Morgan fingerprint density at radius 2 is 1.74 bits per heavy atom. The predicted molar refractivity (Wildman–Crippen MR) is 156 cm³/mol. The van der Waals surface area contributed by atoms with E-state index in [1.165, 1.54) is 33.5 Å². The quantitative estimate of drug-likeness (QED) is 0.442. The highest BCUT2D eigenvalue weighted by Gasteiger charge is 2.32. The molecule has 2 aliphatic rings. The van der Waals surface area contributed by atoms with Crippen LogP contribution in [0.15, 0.2) is 36.4 Å². The van der Waals surface area contributed by atoms with Crippen LogP contribution in [0.4, 0.5) is 11.5 Å². The summed E-state index contributed by atoms with van der Waals surface area (Å²) in [5.41, 5.74) is 9.86. The van der Waals surface area contributed by atoms with Gasteiger partial charge in [0.15, 0.2) is 5.82 Å². The first-order chi connectivity index (χ1) is 18.1. The molecule has 6 heteroatoms. The SMILES string of the molecule is CC(=O)N1CCN(c2nc(-c3cc(C)ccc3C)nc3c2CN(c2cc(C(C)C)ccc2C)CC3)C(C)C1. The van der Waals surface area contributed by atoms with Crippen molar-refractivity contribution in [2.75, 3.05) is 36.0 Å². The second-order valence-corrected chi connectivity index (χ2v) is 11.5. The molecule has 200 valence electrons. The molecule has 1 saturated heterocycles. The van der Waals surface area contributed by atoms with E-state index in [1.807, 2.05) is 4.90 Å². The molecule has 0 spiro atoms. The maximum Gasteiger partial charge on any atom is 0.219 e. The molecule has 3 aromatic rings. The number of carbonyl (C=O) groups excluding carboxylic acids is 1. The number of hydrogen-bond donors (Lipinski definition) is 0. The molecule has 0 saturated carbocycles. The molecule has 0 radical (unpaired) electrons. The fourth-order valence-electron chi connectivity index (χ4n) is 5.82. The predicted octanol–water partition coefficient (Wildman–Crippen LogP) is 5.81. The van der Waals surface area contributed by atoms with Gasteiger partial charge in [-0.2, -0.15) is 0 Å². The molecule has 6 nitrogen and oxygen atoms in total. The number of nitrogens with zero attached hydrogens (tertiary/aromatic N) is 5. The van der Waals surface area contributed by atoms with Gasteiger partial charge in [-0.25, -0.2) is 9.97 Å². The van der Waals surface area contributed by atoms with Crippen LogP contribution < -0.4 is 9.80 Å². The first-order valence-corrected chi connectivity index (χ1v) is 14.0. The van der Waals surface area contributed by atoms with Crippen molar-refractivity contribution in [3.63, 3.8) is 0 Å². The van der Waals surface area contributed by atoms with Crippen LogP contribution in [0, 0.1) is 20.8 Å². The fraction of sp³-hybridized carbons (Fsp3) is 0.469. The number of aromatic nitrogens is 2. The Balaban J connectivity index is 1.59. The fourth-order valence-corrected chi connectivity index (χ4v) is 5.82. The third-order valence-electron chi connectivity index (χ3n) is 8.26. The number of anilines is 2. The average molecular weight is 512 g/mol. The minimum absolute atomic E-state index is 0.143. The van der Waals surface area contributed by atoms with Crippen molar-refractivity contribution in [2.45, 2.75) is 73.4 Å². The Morgan fingerprint density at radius 3 is 2.45 bits per heavy atom. The van der Waals surface area contributed by atoms with Gasteiger partial charge in [-0.05, 0) is 62.4 Å². The van der Waals surface area contributed by atoms with E-state index >= 15 is 0 Å². The summed E-state index contributed by atoms with van der Waals surface area (Å²) < 4.78 is 0. The first-order valence-electron chi connectivity index (χ1n) is 14.0. The summed E-state index contributed by atoms with van der Waals surface area (Å²) in [5.74, 6) is 2.48. The van der Waals surface area contributed by atoms with Crippen molar-refractivity contribution in [2.24, 2.45) is 0 Å². The number of fused-ring (bicyclic) bond motifs is 1. The Hall–Kier alpha value is -3.41. The lowest BCUT2D eigenvalue weighted by molar-refractivity contribution is -0.129. The van der Waals surface area contributed by atoms with E-state index in [9.17, 15) is 4.79 Å². The second-order valence-electron chi connectivity index (χ2n) is 11.5. The zero-order valence-electron chi connectivity index (χ0n) is 24.0. The van der Waals surface area contributed by atoms with Crippen LogP contribution in [0.25, 0.3) is 11.4 Å². The van der Waals surface area contributed by atoms with E-state index in [1.54, 1.807) is 6.92 Å². The highest BCUT2D eigenvalue weighted by molar-refractivity contribution is 5.74.